The molecule has 0 N–H and O–H groups in total. The van der Waals surface area contributed by atoms with Crippen LogP contribution in [0.1, 0.15) is 0 Å². The minimum Gasteiger partial charge on any atom is 0 e. The van der Waals surface area contributed by atoms with Crippen molar-refractivity contribution >= 4 is 0 Å². The zero-order chi connectivity index (χ0) is 0. The van der Waals surface area contributed by atoms with Crippen LogP contribution in [0.4, 0.5) is 0 Å². The molecule has 0 bridgehead atoms. The van der Waals surface area contributed by atoms with Gasteiger partial charge < -0.3 is 0 Å². The summed E-state index contributed by atoms with van der Waals surface area (Å²) in [5, 5.41) is 0. The third-order valence-corrected chi connectivity index (χ3v) is 0. The molecule has 0 radical (unpaired) electrons. The van der Waals surface area contributed by atoms with E-state index in [0.717, 1.165) is 0 Å². The second kappa shape index (κ2) is 42.8. The van der Waals surface area contributed by atoms with Crippen LogP contribution in [0.3, 0.4) is 0 Å². The van der Waals surface area contributed by atoms with Gasteiger partial charge in [-0.2, -0.15) is 0 Å². The van der Waals surface area contributed by atoms with E-state index >= 15 is 0 Å². The van der Waals surface area contributed by atoms with Crippen molar-refractivity contribution in [2.24, 2.45) is 0 Å². The molecule has 0 unspecified atom stereocenters. The molecule has 0 aliphatic rings. The Morgan fingerprint density at radius 1 is 0.286 bits per heavy atom. The maximum atomic E-state index is 0. The van der Waals surface area contributed by atoms with Gasteiger partial charge in [-0.05, 0) is 0 Å². The molecule has 0 aliphatic heterocycles. The molecule has 7 heavy (non-hydrogen) atoms. The molecule has 0 spiro atoms. The molecule has 0 atom stereocenters. The summed E-state index contributed by atoms with van der Waals surface area (Å²) in [5.41, 5.74) is 0. The summed E-state index contributed by atoms with van der Waals surface area (Å²) in [7, 11) is 0. The van der Waals surface area contributed by atoms with Gasteiger partial charge >= 0.3 is 0 Å². The van der Waals surface area contributed by atoms with Crippen molar-refractivity contribution in [3.63, 3.8) is 0 Å². The standard InChI is InChI=1S/3Cd.4Zn. The van der Waals surface area contributed by atoms with Gasteiger partial charge in [-0.1, -0.05) is 0 Å². The molecule has 0 saturated carbocycles. The second-order valence-electron chi connectivity index (χ2n) is 0. The first-order valence-electron chi connectivity index (χ1n) is 0. The molecule has 0 saturated heterocycles. The Morgan fingerprint density at radius 2 is 0.286 bits per heavy atom. The smallest absolute Gasteiger partial charge is 0 e. The summed E-state index contributed by atoms with van der Waals surface area (Å²) in [6.45, 7) is 0. The molecule has 0 aliphatic carbocycles. The molecule has 0 fully saturated rings. The normalized spacial score (nSPS) is 0. The van der Waals surface area contributed by atoms with E-state index in [9.17, 15) is 0 Å². The predicted molar refractivity (Wildman–Crippen MR) is 0 cm³/mol. The fourth-order valence-corrected chi connectivity index (χ4v) is 0. The summed E-state index contributed by atoms with van der Waals surface area (Å²) in [5.74, 6) is 0. The number of rotatable bonds is 0. The van der Waals surface area contributed by atoms with Gasteiger partial charge in [0.25, 0.3) is 0 Å². The Labute approximate surface area is 156 Å². The zero-order valence-corrected chi connectivity index (χ0v) is 28.9. The maximum absolute atomic E-state index is 0. The zero-order valence-electron chi connectivity index (χ0n) is 4.95. The van der Waals surface area contributed by atoms with Crippen LogP contribution in [0, 0.1) is 0 Å². The van der Waals surface area contributed by atoms with Gasteiger partial charge in [0, 0.05) is 160 Å². The Morgan fingerprint density at radius 3 is 0.286 bits per heavy atom. The van der Waals surface area contributed by atoms with Gasteiger partial charge in [0.2, 0.25) is 0 Å². The van der Waals surface area contributed by atoms with Crippen LogP contribution < -0.4 is 0 Å². The summed E-state index contributed by atoms with van der Waals surface area (Å²) < 4.78 is 0. The van der Waals surface area contributed by atoms with Crippen LogP contribution in [0.25, 0.3) is 0 Å². The van der Waals surface area contributed by atoms with Crippen LogP contribution in [-0.2, 0) is 160 Å². The SMILES string of the molecule is [Cd].[Cd].[Cd].[Zn].[Zn].[Zn].[Zn]. The van der Waals surface area contributed by atoms with E-state index in [-0.39, 0.29) is 160 Å². The van der Waals surface area contributed by atoms with E-state index in [1.165, 1.54) is 0 Å². The maximum Gasteiger partial charge on any atom is 0 e. The molecule has 0 nitrogen and oxygen atoms in total. The van der Waals surface area contributed by atoms with Crippen molar-refractivity contribution in [1.29, 1.82) is 0 Å². The average Bonchev–Trinajstić information content (AvgIpc) is 0. The third kappa shape index (κ3) is 34.9. The largest absolute Gasteiger partial charge is 0 e. The fraction of sp³-hybridized carbons (Fsp3) is 0. The van der Waals surface area contributed by atoms with E-state index in [2.05, 4.69) is 0 Å². The summed E-state index contributed by atoms with van der Waals surface area (Å²) in [6, 6.07) is 0. The fourth-order valence-electron chi connectivity index (χ4n) is 0. The summed E-state index contributed by atoms with van der Waals surface area (Å²) in [4.78, 5) is 0. The molecular weight excluding hydrogens is 599 g/mol. The Bertz CT molecular complexity index is 6.90. The third-order valence-electron chi connectivity index (χ3n) is 0. The molecule has 0 aromatic carbocycles. The molecule has 0 aromatic rings. The van der Waals surface area contributed by atoms with Crippen LogP contribution >= 0.6 is 0 Å². The summed E-state index contributed by atoms with van der Waals surface area (Å²) in [6.07, 6.45) is 0. The molecule has 0 heterocycles. The van der Waals surface area contributed by atoms with Gasteiger partial charge in [0.1, 0.15) is 0 Å². The van der Waals surface area contributed by atoms with Crippen molar-refractivity contribution in [2.45, 2.75) is 0 Å². The summed E-state index contributed by atoms with van der Waals surface area (Å²) >= 11 is 0. The minimum atomic E-state index is 0. The van der Waals surface area contributed by atoms with Crippen molar-refractivity contribution < 1.29 is 160 Å². The molecule has 0 amide bonds. The van der Waals surface area contributed by atoms with E-state index < -0.39 is 0 Å². The van der Waals surface area contributed by atoms with Gasteiger partial charge in [-0.3, -0.25) is 0 Å². The van der Waals surface area contributed by atoms with E-state index in [4.69, 9.17) is 0 Å². The molecule has 14 valence electrons. The quantitative estimate of drug-likeness (QED) is 0.344. The monoisotopic (exact) mass is 597 g/mol. The average molecular weight is 599 g/mol. The van der Waals surface area contributed by atoms with Crippen molar-refractivity contribution in [1.82, 2.24) is 0 Å². The molecule has 0 rings (SSSR count). The van der Waals surface area contributed by atoms with E-state index in [1.807, 2.05) is 0 Å². The van der Waals surface area contributed by atoms with Crippen LogP contribution in [0.2, 0.25) is 0 Å². The number of hydrogen-bond acceptors (Lipinski definition) is 0. The van der Waals surface area contributed by atoms with E-state index in [0.29, 0.717) is 0 Å². The van der Waals surface area contributed by atoms with Crippen LogP contribution in [-0.4, -0.2) is 0 Å². The minimum absolute atomic E-state index is 0. The van der Waals surface area contributed by atoms with Gasteiger partial charge in [-0.25, -0.2) is 0 Å². The van der Waals surface area contributed by atoms with Crippen molar-refractivity contribution in [3.8, 4) is 0 Å². The van der Waals surface area contributed by atoms with Gasteiger partial charge in [0.15, 0.2) is 0 Å². The van der Waals surface area contributed by atoms with Crippen LogP contribution in [0.5, 0.6) is 0 Å². The number of hydrogen-bond donors (Lipinski definition) is 0. The topological polar surface area (TPSA) is 0 Å². The second-order valence-corrected chi connectivity index (χ2v) is 0. The van der Waals surface area contributed by atoms with Crippen molar-refractivity contribution in [3.05, 3.63) is 0 Å². The first-order chi connectivity index (χ1) is 0. The van der Waals surface area contributed by atoms with E-state index in [1.54, 1.807) is 0 Å². The Balaban J connectivity index is 0. The van der Waals surface area contributed by atoms with Gasteiger partial charge in [-0.15, -0.1) is 0 Å². The molecule has 7 heteroatoms. The Hall–Kier alpha value is 5.26. The first kappa shape index (κ1) is 56.2. The van der Waals surface area contributed by atoms with Gasteiger partial charge in [0.05, 0.1) is 0 Å². The van der Waals surface area contributed by atoms with Crippen molar-refractivity contribution in [2.75, 3.05) is 0 Å². The first-order valence-corrected chi connectivity index (χ1v) is 0. The Kier molecular flexibility index (Phi) is 344. The molecule has 0 aromatic heterocycles. The molecular formula is Cd3Zn4. The predicted octanol–water partition coefficient (Wildman–Crippen LogP) is -0.0175. The van der Waals surface area contributed by atoms with Crippen LogP contribution in [0.15, 0.2) is 0 Å².